The van der Waals surface area contributed by atoms with E-state index < -0.39 is 0 Å². The van der Waals surface area contributed by atoms with Crippen molar-refractivity contribution in [2.75, 3.05) is 39.5 Å². The first-order valence-electron chi connectivity index (χ1n) is 33.5. The van der Waals surface area contributed by atoms with Gasteiger partial charge in [-0.1, -0.05) is 164 Å². The fourth-order valence-corrected chi connectivity index (χ4v) is 15.1. The van der Waals surface area contributed by atoms with Crippen molar-refractivity contribution in [3.63, 3.8) is 0 Å². The maximum absolute atomic E-state index is 13.4. The number of hydrogen-bond donors (Lipinski definition) is 3. The number of aromatic amines is 3. The van der Waals surface area contributed by atoms with Gasteiger partial charge in [0.25, 0.3) is 0 Å². The van der Waals surface area contributed by atoms with Crippen LogP contribution in [0.5, 0.6) is 17.2 Å². The van der Waals surface area contributed by atoms with E-state index in [4.69, 9.17) is 14.2 Å². The van der Waals surface area contributed by atoms with Gasteiger partial charge in [-0.15, -0.1) is 0 Å². The Hall–Kier alpha value is -11.4. The Bertz CT molecular complexity index is 4510. The first kappa shape index (κ1) is 59.6. The van der Waals surface area contributed by atoms with Gasteiger partial charge in [-0.05, 0) is 159 Å². The minimum atomic E-state index is -0.148. The van der Waals surface area contributed by atoms with Crippen LogP contribution in [-0.4, -0.2) is 86.8 Å². The Labute approximate surface area is 557 Å². The quantitative estimate of drug-likeness (QED) is 0.123. The molecule has 0 fully saturated rings. The highest BCUT2D eigenvalue weighted by molar-refractivity contribution is 5.96. The predicted molar refractivity (Wildman–Crippen MR) is 380 cm³/mol. The van der Waals surface area contributed by atoms with Crippen molar-refractivity contribution >= 4 is 68.7 Å². The predicted octanol–water partition coefficient (Wildman–Crippen LogP) is 15.9. The Kier molecular flexibility index (Phi) is 16.3. The van der Waals surface area contributed by atoms with Gasteiger partial charge in [0.15, 0.2) is 0 Å². The molecule has 0 saturated carbocycles. The molecule has 96 heavy (non-hydrogen) atoms. The lowest BCUT2D eigenvalue weighted by Crippen LogP contribution is -2.39. The third kappa shape index (κ3) is 11.7. The van der Waals surface area contributed by atoms with Gasteiger partial charge in [0.05, 0.1) is 37.9 Å². The number of nitrogens with one attached hydrogen (secondary N) is 3. The Morgan fingerprint density at radius 2 is 0.615 bits per heavy atom. The molecule has 0 spiro atoms. The maximum Gasteiger partial charge on any atom is 0.247 e. The summed E-state index contributed by atoms with van der Waals surface area (Å²) in [7, 11) is 0. The number of para-hydroxylation sites is 3. The second-order valence-electron chi connectivity index (χ2n) is 25.4. The number of benzene rings is 9. The third-order valence-corrected chi connectivity index (χ3v) is 19.7. The average Bonchev–Trinajstić information content (AvgIpc) is 1.59. The van der Waals surface area contributed by atoms with Gasteiger partial charge in [-0.3, -0.25) is 14.4 Å². The molecule has 3 atom stereocenters. The van der Waals surface area contributed by atoms with Crippen LogP contribution >= 0.6 is 0 Å². The molecule has 474 valence electrons. The summed E-state index contributed by atoms with van der Waals surface area (Å²) in [4.78, 5) is 57.2. The van der Waals surface area contributed by atoms with Gasteiger partial charge in [-0.2, -0.15) is 0 Å². The van der Waals surface area contributed by atoms with Crippen molar-refractivity contribution < 1.29 is 28.6 Å². The summed E-state index contributed by atoms with van der Waals surface area (Å²) in [6.07, 6.45) is 16.1. The van der Waals surface area contributed by atoms with E-state index in [2.05, 4.69) is 142 Å². The smallest absolute Gasteiger partial charge is 0.247 e. The fourth-order valence-electron chi connectivity index (χ4n) is 15.1. The van der Waals surface area contributed by atoms with Gasteiger partial charge >= 0.3 is 0 Å². The molecule has 3 amide bonds. The molecule has 3 aromatic heterocycles. The Balaban J connectivity index is 0.000000113. The number of nitrogens with zero attached hydrogens (tertiary/aromatic N) is 3. The molecule has 9 heterocycles. The zero-order chi connectivity index (χ0) is 64.5. The Morgan fingerprint density at radius 3 is 0.917 bits per heavy atom. The topological polar surface area (TPSA) is 136 Å². The van der Waals surface area contributed by atoms with Crippen LogP contribution in [0.1, 0.15) is 102 Å². The molecule has 0 saturated heterocycles. The summed E-state index contributed by atoms with van der Waals surface area (Å²) in [6.45, 7) is 4.23. The summed E-state index contributed by atoms with van der Waals surface area (Å²) in [6, 6.07) is 73.8. The molecule has 0 radical (unpaired) electrons. The molecular weight excluding hydrogens is 1190 g/mol. The average molecular weight is 1260 g/mol. The van der Waals surface area contributed by atoms with Crippen LogP contribution in [0.15, 0.2) is 237 Å². The standard InChI is InChI=1S/3C28H24N2O2/c3*31-26(13-10-19-6-2-1-3-7-19)30-16-14-23-22-8-4-5-9-24(22)29-27(23)28(30)21-11-12-25-20(18-21)15-17-32-25/h3*1-13,18,28-29H,14-17H2/b3*13-10+/t3*28-/m110/s1. The van der Waals surface area contributed by atoms with E-state index in [0.717, 1.165) is 143 Å². The third-order valence-electron chi connectivity index (χ3n) is 19.7. The highest BCUT2D eigenvalue weighted by atomic mass is 16.5. The van der Waals surface area contributed by atoms with Crippen LogP contribution in [0.4, 0.5) is 0 Å². The van der Waals surface area contributed by atoms with Crippen molar-refractivity contribution in [3.05, 3.63) is 320 Å². The molecule has 6 aliphatic rings. The summed E-state index contributed by atoms with van der Waals surface area (Å²) < 4.78 is 17.2. The number of carbonyl (C=O) groups excluding carboxylic acids is 3. The zero-order valence-electron chi connectivity index (χ0n) is 53.3. The highest BCUT2D eigenvalue weighted by Gasteiger charge is 2.38. The second kappa shape index (κ2) is 26.2. The van der Waals surface area contributed by atoms with Crippen LogP contribution in [0.3, 0.4) is 0 Å². The minimum absolute atomic E-state index is 0.0277. The number of fused-ring (bicyclic) bond motifs is 12. The first-order valence-corrected chi connectivity index (χ1v) is 33.5. The number of carbonyl (C=O) groups is 3. The van der Waals surface area contributed by atoms with E-state index in [0.29, 0.717) is 19.6 Å². The summed E-state index contributed by atoms with van der Waals surface area (Å²) in [5.41, 5.74) is 20.8. The van der Waals surface area contributed by atoms with Crippen molar-refractivity contribution in [2.45, 2.75) is 56.7 Å². The van der Waals surface area contributed by atoms with E-state index >= 15 is 0 Å². The number of aromatic nitrogens is 3. The van der Waals surface area contributed by atoms with Crippen molar-refractivity contribution in [1.82, 2.24) is 29.7 Å². The second-order valence-corrected chi connectivity index (χ2v) is 25.4. The molecule has 0 aliphatic carbocycles. The highest BCUT2D eigenvalue weighted by Crippen LogP contribution is 2.44. The SMILES string of the molecule is O=C(/C=C/c1ccccc1)N1CCc2c([nH]c3ccccc23)[C@@H]1c1ccc2c(c1)CCO2.O=C(/C=C/c1ccccc1)N1CCc2c([nH]c3ccccc23)[C@H]1c1ccc2c(c1)CCO2.O=C(/C=C/c1ccccc1)N1CCc2c([nH]c3ccccc23)[C@H]1c1ccc2c(c1)CCO2. The van der Waals surface area contributed by atoms with E-state index in [-0.39, 0.29) is 35.8 Å². The molecule has 6 aliphatic heterocycles. The molecule has 18 rings (SSSR count). The molecular formula is C84H72N6O6. The molecule has 3 N–H and O–H groups in total. The van der Waals surface area contributed by atoms with Gasteiger partial charge in [-0.25, -0.2) is 0 Å². The van der Waals surface area contributed by atoms with Crippen molar-refractivity contribution in [1.29, 1.82) is 0 Å². The summed E-state index contributed by atoms with van der Waals surface area (Å²) in [5.74, 6) is 2.97. The lowest BCUT2D eigenvalue weighted by atomic mass is 9.91. The first-order chi connectivity index (χ1) is 47.3. The number of amides is 3. The largest absolute Gasteiger partial charge is 0.493 e. The normalized spacial score (nSPS) is 17.4. The van der Waals surface area contributed by atoms with Crippen LogP contribution in [-0.2, 0) is 52.9 Å². The molecule has 12 heteroatoms. The van der Waals surface area contributed by atoms with Crippen LogP contribution in [0, 0.1) is 0 Å². The number of rotatable bonds is 9. The molecule has 9 aromatic carbocycles. The van der Waals surface area contributed by atoms with E-state index in [1.54, 1.807) is 18.2 Å². The van der Waals surface area contributed by atoms with Crippen LogP contribution in [0.25, 0.3) is 50.9 Å². The zero-order valence-corrected chi connectivity index (χ0v) is 53.3. The molecule has 0 unspecified atom stereocenters. The van der Waals surface area contributed by atoms with Crippen LogP contribution < -0.4 is 14.2 Å². The molecule has 12 nitrogen and oxygen atoms in total. The molecule has 12 aromatic rings. The summed E-state index contributed by atoms with van der Waals surface area (Å²) >= 11 is 0. The lowest BCUT2D eigenvalue weighted by molar-refractivity contribution is -0.128. The maximum atomic E-state index is 13.4. The van der Waals surface area contributed by atoms with Gasteiger partial charge in [0.2, 0.25) is 17.7 Å². The summed E-state index contributed by atoms with van der Waals surface area (Å²) in [5, 5.41) is 3.76. The number of ether oxygens (including phenoxy) is 3. The van der Waals surface area contributed by atoms with Crippen LogP contribution in [0.2, 0.25) is 0 Å². The minimum Gasteiger partial charge on any atom is -0.493 e. The monoisotopic (exact) mass is 1260 g/mol. The van der Waals surface area contributed by atoms with E-state index in [1.165, 1.54) is 49.5 Å². The number of hydrogen-bond acceptors (Lipinski definition) is 6. The van der Waals surface area contributed by atoms with E-state index in [1.807, 2.05) is 124 Å². The Morgan fingerprint density at radius 1 is 0.333 bits per heavy atom. The lowest BCUT2D eigenvalue weighted by Gasteiger charge is -2.36. The van der Waals surface area contributed by atoms with Crippen molar-refractivity contribution in [2.24, 2.45) is 0 Å². The van der Waals surface area contributed by atoms with Crippen molar-refractivity contribution in [3.8, 4) is 17.2 Å². The number of H-pyrrole nitrogens is 3. The molecule has 0 bridgehead atoms. The van der Waals surface area contributed by atoms with E-state index in [9.17, 15) is 14.4 Å². The van der Waals surface area contributed by atoms with Gasteiger partial charge in [0, 0.05) is 107 Å². The fraction of sp³-hybridized carbons (Fsp3) is 0.179. The van der Waals surface area contributed by atoms with Gasteiger partial charge < -0.3 is 43.9 Å². The van der Waals surface area contributed by atoms with Gasteiger partial charge in [0.1, 0.15) is 17.2 Å².